The number of ether oxygens (including phenoxy) is 2. The zero-order valence-corrected chi connectivity index (χ0v) is 11.9. The number of β-amino-alcohol motifs (C(OH)–C–C–N with tert-alkyl or cyclic N) is 1. The Hall–Kier alpha value is -1.31. The second-order valence-electron chi connectivity index (χ2n) is 4.79. The molecule has 0 aromatic heterocycles. The van der Waals surface area contributed by atoms with E-state index in [1.807, 2.05) is 0 Å². The first-order chi connectivity index (χ1) is 8.80. The third-order valence-corrected chi connectivity index (χ3v) is 4.84. The van der Waals surface area contributed by atoms with Gasteiger partial charge in [-0.2, -0.15) is 4.31 Å². The van der Waals surface area contributed by atoms with E-state index < -0.39 is 15.6 Å². The summed E-state index contributed by atoms with van der Waals surface area (Å²) in [5.41, 5.74) is -0.959. The molecule has 0 atom stereocenters. The molecule has 1 saturated heterocycles. The minimum Gasteiger partial charge on any atom is -0.497 e. The normalized spacial score (nSPS) is 18.7. The lowest BCUT2D eigenvalue weighted by Crippen LogP contribution is -2.61. The molecule has 106 valence electrons. The molecule has 0 radical (unpaired) electrons. The molecule has 1 N–H and O–H groups in total. The number of rotatable bonds is 4. The lowest BCUT2D eigenvalue weighted by molar-refractivity contribution is -0.0426. The van der Waals surface area contributed by atoms with Crippen LogP contribution in [0.1, 0.15) is 6.92 Å². The molecule has 1 aromatic rings. The van der Waals surface area contributed by atoms with Gasteiger partial charge in [0, 0.05) is 19.2 Å². The summed E-state index contributed by atoms with van der Waals surface area (Å²) in [7, 11) is -0.806. The fourth-order valence-corrected chi connectivity index (χ4v) is 3.85. The van der Waals surface area contributed by atoms with E-state index in [0.29, 0.717) is 5.75 Å². The Morgan fingerprint density at radius 3 is 2.37 bits per heavy atom. The molecule has 2 rings (SSSR count). The first kappa shape index (κ1) is 14.1. The van der Waals surface area contributed by atoms with Crippen LogP contribution in [-0.2, 0) is 10.0 Å². The minimum atomic E-state index is -3.68. The van der Waals surface area contributed by atoms with Gasteiger partial charge in [0.15, 0.2) is 0 Å². The van der Waals surface area contributed by atoms with Crippen molar-refractivity contribution in [2.24, 2.45) is 0 Å². The molecule has 1 aromatic carbocycles. The molecule has 0 unspecified atom stereocenters. The summed E-state index contributed by atoms with van der Waals surface area (Å²) in [4.78, 5) is 0.0462. The van der Waals surface area contributed by atoms with Crippen molar-refractivity contribution >= 4 is 10.0 Å². The van der Waals surface area contributed by atoms with Gasteiger partial charge in [0.05, 0.1) is 19.8 Å². The van der Waals surface area contributed by atoms with E-state index in [-0.39, 0.29) is 23.7 Å². The highest BCUT2D eigenvalue weighted by molar-refractivity contribution is 7.89. The van der Waals surface area contributed by atoms with E-state index >= 15 is 0 Å². The largest absolute Gasteiger partial charge is 0.497 e. The maximum absolute atomic E-state index is 12.4. The van der Waals surface area contributed by atoms with E-state index in [2.05, 4.69) is 0 Å². The van der Waals surface area contributed by atoms with Crippen LogP contribution < -0.4 is 9.47 Å². The highest BCUT2D eigenvalue weighted by Gasteiger charge is 2.44. The third-order valence-electron chi connectivity index (χ3n) is 3.02. The standard InChI is InChI=1S/C12H17NO5S/c1-12(14)7-13(8-12)19(15,16)11-6-9(17-2)4-5-10(11)18-3/h4-6,14H,7-8H2,1-3H3. The summed E-state index contributed by atoms with van der Waals surface area (Å²) in [6.07, 6.45) is 0. The Labute approximate surface area is 112 Å². The van der Waals surface area contributed by atoms with E-state index in [0.717, 1.165) is 0 Å². The number of aliphatic hydroxyl groups is 1. The van der Waals surface area contributed by atoms with Crippen molar-refractivity contribution in [1.29, 1.82) is 0 Å². The van der Waals surface area contributed by atoms with Gasteiger partial charge in [-0.05, 0) is 19.1 Å². The Morgan fingerprint density at radius 2 is 1.89 bits per heavy atom. The van der Waals surface area contributed by atoms with Crippen molar-refractivity contribution in [1.82, 2.24) is 4.31 Å². The van der Waals surface area contributed by atoms with Crippen molar-refractivity contribution in [2.75, 3.05) is 27.3 Å². The molecule has 1 fully saturated rings. The van der Waals surface area contributed by atoms with Crippen LogP contribution in [0.25, 0.3) is 0 Å². The van der Waals surface area contributed by atoms with Crippen LogP contribution in [-0.4, -0.2) is 50.7 Å². The van der Waals surface area contributed by atoms with Crippen LogP contribution in [0.5, 0.6) is 11.5 Å². The maximum atomic E-state index is 12.4. The second kappa shape index (κ2) is 4.66. The summed E-state index contributed by atoms with van der Waals surface area (Å²) in [5.74, 6) is 0.694. The zero-order chi connectivity index (χ0) is 14.3. The fraction of sp³-hybridized carbons (Fsp3) is 0.500. The predicted molar refractivity (Wildman–Crippen MR) is 68.9 cm³/mol. The molecule has 0 aliphatic carbocycles. The number of hydrogen-bond acceptors (Lipinski definition) is 5. The van der Waals surface area contributed by atoms with Gasteiger partial charge in [-0.15, -0.1) is 0 Å². The van der Waals surface area contributed by atoms with E-state index in [4.69, 9.17) is 9.47 Å². The molecule has 0 bridgehead atoms. The molecule has 1 aliphatic heterocycles. The molecule has 7 heteroatoms. The van der Waals surface area contributed by atoms with Crippen molar-refractivity contribution in [2.45, 2.75) is 17.4 Å². The molecule has 1 aliphatic rings. The van der Waals surface area contributed by atoms with Gasteiger partial charge in [0.1, 0.15) is 16.4 Å². The van der Waals surface area contributed by atoms with E-state index in [1.165, 1.54) is 24.6 Å². The lowest BCUT2D eigenvalue weighted by Gasteiger charge is -2.42. The predicted octanol–water partition coefficient (Wildman–Crippen LogP) is 0.459. The first-order valence-electron chi connectivity index (χ1n) is 5.75. The molecular formula is C12H17NO5S. The Balaban J connectivity index is 2.40. The lowest BCUT2D eigenvalue weighted by atomic mass is 10.0. The van der Waals surface area contributed by atoms with E-state index in [1.54, 1.807) is 19.1 Å². The van der Waals surface area contributed by atoms with Crippen LogP contribution in [0.15, 0.2) is 23.1 Å². The van der Waals surface area contributed by atoms with Gasteiger partial charge < -0.3 is 14.6 Å². The zero-order valence-electron chi connectivity index (χ0n) is 11.1. The second-order valence-corrected chi connectivity index (χ2v) is 6.69. The minimum absolute atomic E-state index is 0.0462. The average molecular weight is 287 g/mol. The number of benzene rings is 1. The highest BCUT2D eigenvalue weighted by Crippen LogP contribution is 2.34. The molecule has 0 saturated carbocycles. The number of sulfonamides is 1. The SMILES string of the molecule is COc1ccc(OC)c(S(=O)(=O)N2CC(C)(O)C2)c1. The van der Waals surface area contributed by atoms with Crippen molar-refractivity contribution in [3.05, 3.63) is 18.2 Å². The van der Waals surface area contributed by atoms with Crippen LogP contribution in [0.2, 0.25) is 0 Å². The van der Waals surface area contributed by atoms with Gasteiger partial charge in [-0.3, -0.25) is 0 Å². The van der Waals surface area contributed by atoms with Crippen LogP contribution in [0.4, 0.5) is 0 Å². The number of methoxy groups -OCH3 is 2. The first-order valence-corrected chi connectivity index (χ1v) is 7.19. The fourth-order valence-electron chi connectivity index (χ4n) is 2.01. The van der Waals surface area contributed by atoms with Gasteiger partial charge >= 0.3 is 0 Å². The van der Waals surface area contributed by atoms with Gasteiger partial charge in [-0.25, -0.2) is 8.42 Å². The number of hydrogen-bond donors (Lipinski definition) is 1. The molecule has 1 heterocycles. The van der Waals surface area contributed by atoms with Crippen LogP contribution in [0, 0.1) is 0 Å². The summed E-state index contributed by atoms with van der Waals surface area (Å²) in [6.45, 7) is 1.76. The quantitative estimate of drug-likeness (QED) is 0.870. The Bertz CT molecular complexity index is 574. The van der Waals surface area contributed by atoms with Gasteiger partial charge in [-0.1, -0.05) is 0 Å². The van der Waals surface area contributed by atoms with E-state index in [9.17, 15) is 13.5 Å². The topological polar surface area (TPSA) is 76.1 Å². The summed E-state index contributed by atoms with van der Waals surface area (Å²) >= 11 is 0. The molecule has 0 amide bonds. The number of nitrogens with zero attached hydrogens (tertiary/aromatic N) is 1. The van der Waals surface area contributed by atoms with Crippen molar-refractivity contribution in [3.63, 3.8) is 0 Å². The highest BCUT2D eigenvalue weighted by atomic mass is 32.2. The molecule has 19 heavy (non-hydrogen) atoms. The monoisotopic (exact) mass is 287 g/mol. The smallest absolute Gasteiger partial charge is 0.247 e. The average Bonchev–Trinajstić information content (AvgIpc) is 2.35. The maximum Gasteiger partial charge on any atom is 0.247 e. The van der Waals surface area contributed by atoms with Crippen LogP contribution in [0.3, 0.4) is 0 Å². The summed E-state index contributed by atoms with van der Waals surface area (Å²) in [5, 5.41) is 9.66. The van der Waals surface area contributed by atoms with Crippen molar-refractivity contribution < 1.29 is 23.0 Å². The Kier molecular flexibility index (Phi) is 3.46. The van der Waals surface area contributed by atoms with Gasteiger partial charge in [0.2, 0.25) is 10.0 Å². The van der Waals surface area contributed by atoms with Gasteiger partial charge in [0.25, 0.3) is 0 Å². The van der Waals surface area contributed by atoms with Crippen molar-refractivity contribution in [3.8, 4) is 11.5 Å². The summed E-state index contributed by atoms with van der Waals surface area (Å²) < 4.78 is 36.2. The summed E-state index contributed by atoms with van der Waals surface area (Å²) in [6, 6.07) is 4.59. The molecular weight excluding hydrogens is 270 g/mol. The molecule has 6 nitrogen and oxygen atoms in total. The Morgan fingerprint density at radius 1 is 1.26 bits per heavy atom. The third kappa shape index (κ3) is 2.54. The molecule has 0 spiro atoms. The van der Waals surface area contributed by atoms with Crippen LogP contribution >= 0.6 is 0 Å².